The average Bonchev–Trinajstić information content (AvgIpc) is 2.69. The second-order valence-electron chi connectivity index (χ2n) is 6.95. The highest BCUT2D eigenvalue weighted by atomic mass is 19.1. The minimum atomic E-state index is -0.546. The number of rotatable bonds is 9. The predicted octanol–water partition coefficient (Wildman–Crippen LogP) is 4.01. The van der Waals surface area contributed by atoms with Gasteiger partial charge in [-0.2, -0.15) is 0 Å². The quantitative estimate of drug-likeness (QED) is 0.710. The minimum absolute atomic E-state index is 0.0806. The van der Waals surface area contributed by atoms with Gasteiger partial charge in [-0.15, -0.1) is 0 Å². The fraction of sp³-hybridized carbons (Fsp3) is 0.391. The third-order valence-electron chi connectivity index (χ3n) is 4.75. The fourth-order valence-electron chi connectivity index (χ4n) is 3.15. The molecule has 4 nitrogen and oxygen atoms in total. The van der Waals surface area contributed by atoms with Gasteiger partial charge in [0.15, 0.2) is 0 Å². The van der Waals surface area contributed by atoms with Crippen LogP contribution in [0.25, 0.3) is 0 Å². The highest BCUT2D eigenvalue weighted by Gasteiger charge is 2.28. The van der Waals surface area contributed by atoms with E-state index in [1.54, 1.807) is 17.0 Å². The number of aryl methyl sites for hydroxylation is 2. The lowest BCUT2D eigenvalue weighted by molar-refractivity contribution is -0.141. The van der Waals surface area contributed by atoms with Crippen LogP contribution in [0.4, 0.5) is 4.39 Å². The van der Waals surface area contributed by atoms with Gasteiger partial charge in [-0.25, -0.2) is 4.39 Å². The Morgan fingerprint density at radius 3 is 2.18 bits per heavy atom. The zero-order valence-corrected chi connectivity index (χ0v) is 16.9. The van der Waals surface area contributed by atoms with Gasteiger partial charge in [0.05, 0.1) is 0 Å². The summed E-state index contributed by atoms with van der Waals surface area (Å²) >= 11 is 0. The molecule has 0 heterocycles. The predicted molar refractivity (Wildman–Crippen MR) is 109 cm³/mol. The molecule has 2 rings (SSSR count). The first-order valence-electron chi connectivity index (χ1n) is 9.81. The first-order chi connectivity index (χ1) is 13.4. The maximum atomic E-state index is 13.2. The summed E-state index contributed by atoms with van der Waals surface area (Å²) in [4.78, 5) is 27.2. The molecular formula is C23H29FN2O2. The summed E-state index contributed by atoms with van der Waals surface area (Å²) in [6, 6.07) is 13.6. The van der Waals surface area contributed by atoms with Gasteiger partial charge in [0.2, 0.25) is 11.8 Å². The summed E-state index contributed by atoms with van der Waals surface area (Å²) in [6.45, 7) is 6.57. The maximum absolute atomic E-state index is 13.2. The standard InChI is InChI=1S/C23H29FN2O2/c1-4-21(23(28)25-5-2)26(16-19-10-13-20(24)14-11-19)22(27)15-12-18-8-6-17(3)7-9-18/h6-11,13-14,21H,4-5,12,15-16H2,1-3H3,(H,25,28). The molecule has 0 aliphatic carbocycles. The third-order valence-corrected chi connectivity index (χ3v) is 4.75. The molecule has 0 fully saturated rings. The Labute approximate surface area is 166 Å². The van der Waals surface area contributed by atoms with Crippen LogP contribution in [-0.4, -0.2) is 29.3 Å². The van der Waals surface area contributed by atoms with Gasteiger partial charge in [0, 0.05) is 19.5 Å². The van der Waals surface area contributed by atoms with Crippen LogP contribution in [0.1, 0.15) is 43.4 Å². The summed E-state index contributed by atoms with van der Waals surface area (Å²) in [5.41, 5.74) is 3.06. The number of benzene rings is 2. The van der Waals surface area contributed by atoms with Gasteiger partial charge < -0.3 is 10.2 Å². The lowest BCUT2D eigenvalue weighted by Crippen LogP contribution is -2.49. The van der Waals surface area contributed by atoms with Crippen molar-refractivity contribution in [2.45, 2.75) is 52.6 Å². The van der Waals surface area contributed by atoms with Crippen molar-refractivity contribution in [2.75, 3.05) is 6.54 Å². The molecule has 1 unspecified atom stereocenters. The number of hydrogen-bond donors (Lipinski definition) is 1. The van der Waals surface area contributed by atoms with Crippen LogP contribution < -0.4 is 5.32 Å². The van der Waals surface area contributed by atoms with E-state index in [-0.39, 0.29) is 24.2 Å². The van der Waals surface area contributed by atoms with Gasteiger partial charge in [-0.1, -0.05) is 48.9 Å². The maximum Gasteiger partial charge on any atom is 0.242 e. The molecule has 0 bridgehead atoms. The van der Waals surface area contributed by atoms with Crippen LogP contribution in [0.5, 0.6) is 0 Å². The lowest BCUT2D eigenvalue weighted by atomic mass is 10.1. The monoisotopic (exact) mass is 384 g/mol. The molecule has 0 saturated heterocycles. The van der Waals surface area contributed by atoms with E-state index >= 15 is 0 Å². The Bertz CT molecular complexity index is 772. The molecule has 0 spiro atoms. The van der Waals surface area contributed by atoms with E-state index in [0.29, 0.717) is 25.8 Å². The van der Waals surface area contributed by atoms with Crippen LogP contribution in [0, 0.1) is 12.7 Å². The van der Waals surface area contributed by atoms with E-state index in [0.717, 1.165) is 11.1 Å². The number of amides is 2. The lowest BCUT2D eigenvalue weighted by Gasteiger charge is -2.30. The molecule has 2 amide bonds. The Hall–Kier alpha value is -2.69. The SMILES string of the molecule is CCNC(=O)C(CC)N(Cc1ccc(F)cc1)C(=O)CCc1ccc(C)cc1. The van der Waals surface area contributed by atoms with Gasteiger partial charge >= 0.3 is 0 Å². The van der Waals surface area contributed by atoms with Crippen molar-refractivity contribution < 1.29 is 14.0 Å². The zero-order chi connectivity index (χ0) is 20.5. The molecule has 0 radical (unpaired) electrons. The number of halogens is 1. The Morgan fingerprint density at radius 1 is 1.00 bits per heavy atom. The first-order valence-corrected chi connectivity index (χ1v) is 9.81. The van der Waals surface area contributed by atoms with Gasteiger partial charge in [0.25, 0.3) is 0 Å². The van der Waals surface area contributed by atoms with Gasteiger partial charge in [-0.05, 0) is 49.9 Å². The molecule has 5 heteroatoms. The summed E-state index contributed by atoms with van der Waals surface area (Å²) in [6.07, 6.45) is 1.45. The molecule has 0 aliphatic rings. The summed E-state index contributed by atoms with van der Waals surface area (Å²) in [7, 11) is 0. The molecule has 2 aromatic carbocycles. The van der Waals surface area contributed by atoms with Crippen molar-refractivity contribution in [1.29, 1.82) is 0 Å². The average molecular weight is 384 g/mol. The van der Waals surface area contributed by atoms with E-state index in [4.69, 9.17) is 0 Å². The van der Waals surface area contributed by atoms with Crippen molar-refractivity contribution in [3.63, 3.8) is 0 Å². The number of nitrogens with one attached hydrogen (secondary N) is 1. The molecule has 150 valence electrons. The Morgan fingerprint density at radius 2 is 1.61 bits per heavy atom. The van der Waals surface area contributed by atoms with Crippen LogP contribution in [0.3, 0.4) is 0 Å². The molecule has 2 aromatic rings. The normalized spacial score (nSPS) is 11.7. The highest BCUT2D eigenvalue weighted by Crippen LogP contribution is 2.16. The van der Waals surface area contributed by atoms with Crippen LogP contribution in [0.15, 0.2) is 48.5 Å². The summed E-state index contributed by atoms with van der Waals surface area (Å²) in [5, 5.41) is 2.81. The fourth-order valence-corrected chi connectivity index (χ4v) is 3.15. The first kappa shape index (κ1) is 21.6. The third kappa shape index (κ3) is 6.19. The van der Waals surface area contributed by atoms with E-state index in [9.17, 15) is 14.0 Å². The van der Waals surface area contributed by atoms with Crippen molar-refractivity contribution in [2.24, 2.45) is 0 Å². The van der Waals surface area contributed by atoms with E-state index in [1.165, 1.54) is 17.7 Å². The van der Waals surface area contributed by atoms with Crippen LogP contribution in [-0.2, 0) is 22.6 Å². The molecule has 0 aliphatic heterocycles. The Kier molecular flexibility index (Phi) is 8.18. The van der Waals surface area contributed by atoms with Crippen molar-refractivity contribution in [3.8, 4) is 0 Å². The topological polar surface area (TPSA) is 49.4 Å². The van der Waals surface area contributed by atoms with Crippen molar-refractivity contribution in [3.05, 3.63) is 71.0 Å². The molecule has 0 saturated carbocycles. The number of carbonyl (C=O) groups excluding carboxylic acids is 2. The molecular weight excluding hydrogens is 355 g/mol. The summed E-state index contributed by atoms with van der Waals surface area (Å²) < 4.78 is 13.2. The second-order valence-corrected chi connectivity index (χ2v) is 6.95. The molecule has 1 atom stereocenters. The van der Waals surface area contributed by atoms with E-state index in [1.807, 2.05) is 45.0 Å². The number of hydrogen-bond acceptors (Lipinski definition) is 2. The van der Waals surface area contributed by atoms with Crippen molar-refractivity contribution >= 4 is 11.8 Å². The molecule has 0 aromatic heterocycles. The van der Waals surface area contributed by atoms with Gasteiger partial charge in [-0.3, -0.25) is 9.59 Å². The van der Waals surface area contributed by atoms with Crippen LogP contribution in [0.2, 0.25) is 0 Å². The van der Waals surface area contributed by atoms with E-state index in [2.05, 4.69) is 5.32 Å². The Balaban J connectivity index is 2.16. The second kappa shape index (κ2) is 10.6. The number of nitrogens with zero attached hydrogens (tertiary/aromatic N) is 1. The summed E-state index contributed by atoms with van der Waals surface area (Å²) in [5.74, 6) is -0.560. The minimum Gasteiger partial charge on any atom is -0.355 e. The molecule has 1 N–H and O–H groups in total. The highest BCUT2D eigenvalue weighted by molar-refractivity contribution is 5.87. The molecule has 28 heavy (non-hydrogen) atoms. The smallest absolute Gasteiger partial charge is 0.242 e. The number of carbonyl (C=O) groups is 2. The van der Waals surface area contributed by atoms with Crippen molar-refractivity contribution in [1.82, 2.24) is 10.2 Å². The number of likely N-dealkylation sites (N-methyl/N-ethyl adjacent to an activating group) is 1. The van der Waals surface area contributed by atoms with Crippen LogP contribution >= 0.6 is 0 Å². The zero-order valence-electron chi connectivity index (χ0n) is 16.9. The van der Waals surface area contributed by atoms with E-state index < -0.39 is 6.04 Å². The largest absolute Gasteiger partial charge is 0.355 e. The van der Waals surface area contributed by atoms with Gasteiger partial charge in [0.1, 0.15) is 11.9 Å².